The van der Waals surface area contributed by atoms with Crippen LogP contribution in [0, 0.1) is 0 Å². The van der Waals surface area contributed by atoms with Crippen molar-refractivity contribution in [3.05, 3.63) is 53.7 Å². The lowest BCUT2D eigenvalue weighted by molar-refractivity contribution is -0.0455. The van der Waals surface area contributed by atoms with Crippen molar-refractivity contribution >= 4 is 17.2 Å². The molecule has 0 bridgehead atoms. The topological polar surface area (TPSA) is 77.8 Å². The molecule has 0 atom stereocenters. The smallest absolute Gasteiger partial charge is 0.280 e. The lowest BCUT2D eigenvalue weighted by atomic mass is 9.80. The van der Waals surface area contributed by atoms with Crippen molar-refractivity contribution in [3.8, 4) is 5.75 Å². The number of amides is 1. The molecule has 3 heterocycles. The number of hydrogen-bond donors (Lipinski definition) is 1. The number of imidazole rings is 1. The molecule has 1 fully saturated rings. The monoisotopic (exact) mass is 444 g/mol. The van der Waals surface area contributed by atoms with Gasteiger partial charge in [-0.15, -0.1) is 0 Å². The average molecular weight is 444 g/mol. The van der Waals surface area contributed by atoms with Crippen LogP contribution in [-0.2, 0) is 4.74 Å². The quantitative estimate of drug-likeness (QED) is 0.530. The zero-order valence-corrected chi connectivity index (χ0v) is 18.2. The summed E-state index contributed by atoms with van der Waals surface area (Å²) in [7, 11) is 0. The van der Waals surface area contributed by atoms with Crippen LogP contribution < -0.4 is 10.1 Å². The fraction of sp³-hybridized carbons (Fsp3) is 0.435. The Kier molecular flexibility index (Phi) is 6.36. The van der Waals surface area contributed by atoms with E-state index in [1.807, 2.05) is 31.4 Å². The second-order valence-electron chi connectivity index (χ2n) is 8.09. The molecule has 0 radical (unpaired) electrons. The van der Waals surface area contributed by atoms with Crippen molar-refractivity contribution in [1.29, 1.82) is 0 Å². The Morgan fingerprint density at radius 3 is 2.72 bits per heavy atom. The molecule has 0 aliphatic heterocycles. The molecule has 1 saturated carbocycles. The molecule has 0 saturated heterocycles. The molecule has 0 spiro atoms. The molecule has 1 aliphatic carbocycles. The summed E-state index contributed by atoms with van der Waals surface area (Å²) in [6.45, 7) is 6.29. The van der Waals surface area contributed by atoms with Gasteiger partial charge in [-0.1, -0.05) is 6.07 Å². The van der Waals surface area contributed by atoms with Crippen molar-refractivity contribution < 1.29 is 23.0 Å². The molecule has 0 unspecified atom stereocenters. The maximum absolute atomic E-state index is 12.9. The van der Waals surface area contributed by atoms with Gasteiger partial charge in [0.1, 0.15) is 28.5 Å². The zero-order chi connectivity index (χ0) is 22.8. The molecule has 7 nitrogen and oxygen atoms in total. The summed E-state index contributed by atoms with van der Waals surface area (Å²) >= 11 is 0. The van der Waals surface area contributed by atoms with Crippen LogP contribution in [0.4, 0.5) is 14.5 Å². The number of alkyl halides is 2. The first-order chi connectivity index (χ1) is 15.3. The molecular formula is C23H26F2N4O3. The van der Waals surface area contributed by atoms with Crippen LogP contribution in [-0.4, -0.2) is 39.1 Å². The molecular weight excluding hydrogens is 418 g/mol. The Morgan fingerprint density at radius 2 is 2.03 bits per heavy atom. The van der Waals surface area contributed by atoms with E-state index in [9.17, 15) is 13.6 Å². The van der Waals surface area contributed by atoms with Gasteiger partial charge in [-0.05, 0) is 45.7 Å². The molecule has 0 aromatic carbocycles. The number of aromatic nitrogens is 3. The van der Waals surface area contributed by atoms with E-state index in [-0.39, 0.29) is 17.9 Å². The predicted molar refractivity (Wildman–Crippen MR) is 115 cm³/mol. The van der Waals surface area contributed by atoms with Crippen molar-refractivity contribution in [1.82, 2.24) is 14.4 Å². The number of nitrogens with zero attached hydrogens (tertiary/aromatic N) is 3. The first kappa shape index (κ1) is 22.1. The number of nitrogens with one attached hydrogen (secondary N) is 1. The predicted octanol–water partition coefficient (Wildman–Crippen LogP) is 4.99. The van der Waals surface area contributed by atoms with Gasteiger partial charge < -0.3 is 19.2 Å². The minimum atomic E-state index is -2.75. The summed E-state index contributed by atoms with van der Waals surface area (Å²) in [5.41, 5.74) is 1.53. The maximum atomic E-state index is 12.9. The van der Waals surface area contributed by atoms with Gasteiger partial charge in [-0.2, -0.15) is 0 Å². The zero-order valence-electron chi connectivity index (χ0n) is 18.2. The van der Waals surface area contributed by atoms with E-state index >= 15 is 0 Å². The number of ether oxygens (including phenoxy) is 2. The molecule has 170 valence electrons. The minimum Gasteiger partial charge on any atom is -0.491 e. The Bertz CT molecular complexity index is 1110. The van der Waals surface area contributed by atoms with E-state index < -0.39 is 18.0 Å². The van der Waals surface area contributed by atoms with Crippen molar-refractivity contribution in [2.24, 2.45) is 0 Å². The van der Waals surface area contributed by atoms with Crippen LogP contribution in [0.3, 0.4) is 0 Å². The number of carbonyl (C=O) groups is 1. The van der Waals surface area contributed by atoms with E-state index in [1.165, 1.54) is 18.2 Å². The van der Waals surface area contributed by atoms with Crippen molar-refractivity contribution in [2.45, 2.75) is 58.2 Å². The maximum Gasteiger partial charge on any atom is 0.280 e. The summed E-state index contributed by atoms with van der Waals surface area (Å²) in [6.07, 6.45) is 3.22. The highest BCUT2D eigenvalue weighted by molar-refractivity contribution is 6.03. The second-order valence-corrected chi connectivity index (χ2v) is 8.09. The van der Waals surface area contributed by atoms with E-state index in [0.717, 1.165) is 18.5 Å². The Morgan fingerprint density at radius 1 is 1.25 bits per heavy atom. The minimum absolute atomic E-state index is 0.0951. The van der Waals surface area contributed by atoms with Crippen LogP contribution in [0.1, 0.15) is 67.8 Å². The summed E-state index contributed by atoms with van der Waals surface area (Å²) in [5.74, 6) is 0.180. The van der Waals surface area contributed by atoms with Gasteiger partial charge in [-0.3, -0.25) is 4.79 Å². The van der Waals surface area contributed by atoms with E-state index in [4.69, 9.17) is 14.5 Å². The summed E-state index contributed by atoms with van der Waals surface area (Å²) < 4.78 is 39.2. The molecule has 9 heteroatoms. The van der Waals surface area contributed by atoms with Crippen molar-refractivity contribution in [3.63, 3.8) is 0 Å². The lowest BCUT2D eigenvalue weighted by Crippen LogP contribution is -2.32. The van der Waals surface area contributed by atoms with Crippen molar-refractivity contribution in [2.75, 3.05) is 11.9 Å². The summed E-state index contributed by atoms with van der Waals surface area (Å²) in [6, 6.07) is 5.71. The molecule has 32 heavy (non-hydrogen) atoms. The first-order valence-corrected chi connectivity index (χ1v) is 10.7. The van der Waals surface area contributed by atoms with Gasteiger partial charge in [0.05, 0.1) is 24.5 Å². The van der Waals surface area contributed by atoms with Crippen LogP contribution in [0.5, 0.6) is 5.75 Å². The SMILES string of the molecule is CCOc1cc2nc([C@H]3C[C@H](OC(C)C)C3)cn2cc1NC(=O)c1cccc(C(F)F)n1. The van der Waals surface area contributed by atoms with E-state index in [0.29, 0.717) is 29.6 Å². The number of halogens is 2. The van der Waals surface area contributed by atoms with Gasteiger partial charge in [0.25, 0.3) is 12.3 Å². The molecule has 1 amide bonds. The van der Waals surface area contributed by atoms with Gasteiger partial charge in [-0.25, -0.2) is 18.7 Å². The number of hydrogen-bond acceptors (Lipinski definition) is 5. The highest BCUT2D eigenvalue weighted by atomic mass is 19.3. The third kappa shape index (κ3) is 4.72. The first-order valence-electron chi connectivity index (χ1n) is 10.7. The van der Waals surface area contributed by atoms with Crippen LogP contribution >= 0.6 is 0 Å². The molecule has 1 N–H and O–H groups in total. The average Bonchev–Trinajstić information content (AvgIpc) is 3.12. The summed E-state index contributed by atoms with van der Waals surface area (Å²) in [5, 5.41) is 2.73. The van der Waals surface area contributed by atoms with E-state index in [1.54, 1.807) is 12.3 Å². The van der Waals surface area contributed by atoms with E-state index in [2.05, 4.69) is 10.3 Å². The third-order valence-electron chi connectivity index (χ3n) is 5.33. The highest BCUT2D eigenvalue weighted by Crippen LogP contribution is 2.39. The van der Waals surface area contributed by atoms with Gasteiger partial charge in [0.15, 0.2) is 0 Å². The molecule has 3 aromatic rings. The van der Waals surface area contributed by atoms with Gasteiger partial charge >= 0.3 is 0 Å². The summed E-state index contributed by atoms with van der Waals surface area (Å²) in [4.78, 5) is 21.1. The number of pyridine rings is 2. The Labute approximate surface area is 184 Å². The lowest BCUT2D eigenvalue weighted by Gasteiger charge is -2.35. The standard InChI is InChI=1S/C23H26F2N4O3/c1-4-31-20-10-21-27-18(14-8-15(9-14)32-13(2)3)11-29(21)12-19(20)28-23(30)17-7-5-6-16(26-17)22(24)25/h5-7,10-15,22H,4,8-9H2,1-3H3,(H,28,30)/t14-,15-. The molecule has 3 aromatic heterocycles. The Balaban J connectivity index is 1.56. The number of rotatable bonds is 8. The van der Waals surface area contributed by atoms with Crippen LogP contribution in [0.15, 0.2) is 36.7 Å². The normalized spacial score (nSPS) is 18.2. The van der Waals surface area contributed by atoms with Gasteiger partial charge in [0.2, 0.25) is 0 Å². The molecule has 1 aliphatic rings. The number of anilines is 1. The van der Waals surface area contributed by atoms with Gasteiger partial charge in [0, 0.05) is 24.4 Å². The largest absolute Gasteiger partial charge is 0.491 e. The third-order valence-corrected chi connectivity index (χ3v) is 5.33. The van der Waals surface area contributed by atoms with Crippen LogP contribution in [0.25, 0.3) is 5.65 Å². The fourth-order valence-electron chi connectivity index (χ4n) is 3.79. The van der Waals surface area contributed by atoms with Crippen LogP contribution in [0.2, 0.25) is 0 Å². The Hall–Kier alpha value is -3.07. The number of fused-ring (bicyclic) bond motifs is 1. The second kappa shape index (κ2) is 9.20. The fourth-order valence-corrected chi connectivity index (χ4v) is 3.79. The number of carbonyl (C=O) groups excluding carboxylic acids is 1. The molecule has 4 rings (SSSR count). The highest BCUT2D eigenvalue weighted by Gasteiger charge is 2.33.